The molecule has 0 amide bonds. The van der Waals surface area contributed by atoms with Crippen LogP contribution in [0.15, 0.2) is 48.5 Å². The zero-order chi connectivity index (χ0) is 15.1. The van der Waals surface area contributed by atoms with E-state index in [9.17, 15) is 0 Å². The first-order valence-corrected chi connectivity index (χ1v) is 8.10. The molecular weight excluding hydrogens is 254 g/mol. The third-order valence-corrected chi connectivity index (χ3v) is 4.05. The largest absolute Gasteiger partial charge is 0.310 e. The number of hydrogen-bond acceptors (Lipinski definition) is 1. The fourth-order valence-electron chi connectivity index (χ4n) is 2.73. The van der Waals surface area contributed by atoms with Crippen molar-refractivity contribution in [3.05, 3.63) is 70.8 Å². The number of hydrogen-bond donors (Lipinski definition) is 1. The first-order valence-electron chi connectivity index (χ1n) is 8.10. The van der Waals surface area contributed by atoms with Crippen LogP contribution in [0.3, 0.4) is 0 Å². The predicted molar refractivity (Wildman–Crippen MR) is 91.7 cm³/mol. The standard InChI is InChI=1S/C20H27N/c1-4-17-7-6-8-19(15-17)20(21-5-2)14-13-18-11-9-16(3)10-12-18/h6-12,15,20-21H,4-5,13-14H2,1-3H3. The Kier molecular flexibility index (Phi) is 6.01. The molecule has 0 aliphatic rings. The number of benzene rings is 2. The maximum absolute atomic E-state index is 3.63. The van der Waals surface area contributed by atoms with Gasteiger partial charge in [-0.25, -0.2) is 0 Å². The molecule has 1 nitrogen and oxygen atoms in total. The van der Waals surface area contributed by atoms with Gasteiger partial charge in [0.25, 0.3) is 0 Å². The molecule has 1 heteroatoms. The minimum Gasteiger partial charge on any atom is -0.310 e. The summed E-state index contributed by atoms with van der Waals surface area (Å²) in [4.78, 5) is 0. The van der Waals surface area contributed by atoms with Gasteiger partial charge < -0.3 is 5.32 Å². The fourth-order valence-corrected chi connectivity index (χ4v) is 2.73. The van der Waals surface area contributed by atoms with Gasteiger partial charge in [-0.1, -0.05) is 67.9 Å². The molecule has 0 saturated heterocycles. The Morgan fingerprint density at radius 2 is 1.71 bits per heavy atom. The van der Waals surface area contributed by atoms with Gasteiger partial charge >= 0.3 is 0 Å². The van der Waals surface area contributed by atoms with E-state index in [1.54, 1.807) is 0 Å². The Morgan fingerprint density at radius 1 is 0.952 bits per heavy atom. The van der Waals surface area contributed by atoms with Crippen molar-refractivity contribution in [1.29, 1.82) is 0 Å². The Balaban J connectivity index is 2.05. The Hall–Kier alpha value is -1.60. The van der Waals surface area contributed by atoms with Gasteiger partial charge in [0.1, 0.15) is 0 Å². The summed E-state index contributed by atoms with van der Waals surface area (Å²) in [7, 11) is 0. The smallest absolute Gasteiger partial charge is 0.0323 e. The van der Waals surface area contributed by atoms with Crippen molar-refractivity contribution in [3.63, 3.8) is 0 Å². The molecule has 0 aliphatic carbocycles. The van der Waals surface area contributed by atoms with Gasteiger partial charge in [-0.3, -0.25) is 0 Å². The first-order chi connectivity index (χ1) is 10.2. The van der Waals surface area contributed by atoms with E-state index >= 15 is 0 Å². The molecule has 1 unspecified atom stereocenters. The molecule has 0 radical (unpaired) electrons. The van der Waals surface area contributed by atoms with E-state index in [0.717, 1.165) is 25.8 Å². The molecule has 2 rings (SSSR count). The number of rotatable bonds is 7. The highest BCUT2D eigenvalue weighted by molar-refractivity contribution is 5.27. The molecule has 0 bridgehead atoms. The minimum atomic E-state index is 0.447. The van der Waals surface area contributed by atoms with Crippen molar-refractivity contribution in [2.24, 2.45) is 0 Å². The van der Waals surface area contributed by atoms with Crippen molar-refractivity contribution in [2.45, 2.75) is 46.1 Å². The zero-order valence-corrected chi connectivity index (χ0v) is 13.5. The Morgan fingerprint density at radius 3 is 2.38 bits per heavy atom. The van der Waals surface area contributed by atoms with Crippen molar-refractivity contribution in [2.75, 3.05) is 6.54 Å². The molecule has 2 aromatic carbocycles. The SMILES string of the molecule is CCNC(CCc1ccc(C)cc1)c1cccc(CC)c1. The summed E-state index contributed by atoms with van der Waals surface area (Å²) in [5.74, 6) is 0. The van der Waals surface area contributed by atoms with Crippen molar-refractivity contribution < 1.29 is 0 Å². The van der Waals surface area contributed by atoms with E-state index in [1.165, 1.54) is 22.3 Å². The molecule has 0 heterocycles. The Labute approximate surface area is 129 Å². The summed E-state index contributed by atoms with van der Waals surface area (Å²) in [5.41, 5.74) is 5.60. The van der Waals surface area contributed by atoms with Crippen LogP contribution in [0.1, 0.15) is 48.6 Å². The van der Waals surface area contributed by atoms with E-state index in [2.05, 4.69) is 74.6 Å². The van der Waals surface area contributed by atoms with Crippen LogP contribution >= 0.6 is 0 Å². The van der Waals surface area contributed by atoms with Gasteiger partial charge in [0.05, 0.1) is 0 Å². The number of aryl methyl sites for hydroxylation is 3. The summed E-state index contributed by atoms with van der Waals surface area (Å²) in [6, 6.07) is 18.4. The summed E-state index contributed by atoms with van der Waals surface area (Å²) < 4.78 is 0. The first kappa shape index (κ1) is 15.8. The summed E-state index contributed by atoms with van der Waals surface area (Å²) >= 11 is 0. The second-order valence-electron chi connectivity index (χ2n) is 5.73. The van der Waals surface area contributed by atoms with E-state index in [-0.39, 0.29) is 0 Å². The van der Waals surface area contributed by atoms with Crippen molar-refractivity contribution >= 4 is 0 Å². The predicted octanol–water partition coefficient (Wildman–Crippen LogP) is 4.84. The third kappa shape index (κ3) is 4.71. The lowest BCUT2D eigenvalue weighted by atomic mass is 9.96. The van der Waals surface area contributed by atoms with E-state index in [1.807, 2.05) is 0 Å². The maximum atomic E-state index is 3.63. The second kappa shape index (κ2) is 7.99. The quantitative estimate of drug-likeness (QED) is 0.765. The van der Waals surface area contributed by atoms with Crippen LogP contribution in [0, 0.1) is 6.92 Å². The van der Waals surface area contributed by atoms with E-state index < -0.39 is 0 Å². The molecule has 0 spiro atoms. The molecule has 2 aromatic rings. The highest BCUT2D eigenvalue weighted by atomic mass is 14.9. The lowest BCUT2D eigenvalue weighted by Gasteiger charge is -2.19. The van der Waals surface area contributed by atoms with Crippen molar-refractivity contribution in [3.8, 4) is 0 Å². The molecule has 112 valence electrons. The summed E-state index contributed by atoms with van der Waals surface area (Å²) in [6.45, 7) is 7.55. The normalized spacial score (nSPS) is 12.3. The average Bonchev–Trinajstić information content (AvgIpc) is 2.53. The minimum absolute atomic E-state index is 0.447. The van der Waals surface area contributed by atoms with Crippen LogP contribution in [0.4, 0.5) is 0 Å². The molecule has 0 aliphatic heterocycles. The van der Waals surface area contributed by atoms with Crippen molar-refractivity contribution in [1.82, 2.24) is 5.32 Å². The summed E-state index contributed by atoms with van der Waals surface area (Å²) in [6.07, 6.45) is 3.36. The topological polar surface area (TPSA) is 12.0 Å². The molecule has 1 atom stereocenters. The molecule has 0 saturated carbocycles. The van der Waals surface area contributed by atoms with Gasteiger partial charge in [0, 0.05) is 6.04 Å². The highest BCUT2D eigenvalue weighted by Crippen LogP contribution is 2.21. The van der Waals surface area contributed by atoms with Crippen LogP contribution in [0.25, 0.3) is 0 Å². The van der Waals surface area contributed by atoms with Gasteiger partial charge in [0.2, 0.25) is 0 Å². The molecular formula is C20H27N. The average molecular weight is 281 g/mol. The van der Waals surface area contributed by atoms with E-state index in [4.69, 9.17) is 0 Å². The van der Waals surface area contributed by atoms with Gasteiger partial charge in [-0.15, -0.1) is 0 Å². The monoisotopic (exact) mass is 281 g/mol. The second-order valence-corrected chi connectivity index (χ2v) is 5.73. The number of nitrogens with one attached hydrogen (secondary N) is 1. The van der Waals surface area contributed by atoms with Crippen LogP contribution in [-0.4, -0.2) is 6.54 Å². The summed E-state index contributed by atoms with van der Waals surface area (Å²) in [5, 5.41) is 3.63. The molecule has 21 heavy (non-hydrogen) atoms. The van der Waals surface area contributed by atoms with E-state index in [0.29, 0.717) is 6.04 Å². The van der Waals surface area contributed by atoms with Gasteiger partial charge in [0.15, 0.2) is 0 Å². The lowest BCUT2D eigenvalue weighted by Crippen LogP contribution is -2.21. The third-order valence-electron chi connectivity index (χ3n) is 4.05. The lowest BCUT2D eigenvalue weighted by molar-refractivity contribution is 0.515. The molecule has 0 fully saturated rings. The highest BCUT2D eigenvalue weighted by Gasteiger charge is 2.10. The molecule has 0 aromatic heterocycles. The maximum Gasteiger partial charge on any atom is 0.0323 e. The van der Waals surface area contributed by atoms with Crippen LogP contribution in [0.2, 0.25) is 0 Å². The van der Waals surface area contributed by atoms with Crippen LogP contribution in [-0.2, 0) is 12.8 Å². The Bertz CT molecular complexity index is 542. The zero-order valence-electron chi connectivity index (χ0n) is 13.5. The van der Waals surface area contributed by atoms with Crippen LogP contribution in [0.5, 0.6) is 0 Å². The van der Waals surface area contributed by atoms with Gasteiger partial charge in [-0.2, -0.15) is 0 Å². The van der Waals surface area contributed by atoms with Gasteiger partial charge in [-0.05, 0) is 49.4 Å². The fraction of sp³-hybridized carbons (Fsp3) is 0.400. The molecule has 1 N–H and O–H groups in total. The van der Waals surface area contributed by atoms with Crippen LogP contribution < -0.4 is 5.32 Å².